The molecule has 0 unspecified atom stereocenters. The molecule has 1 aromatic rings. The fourth-order valence-corrected chi connectivity index (χ4v) is 3.64. The van der Waals surface area contributed by atoms with Crippen molar-refractivity contribution >= 4 is 46.6 Å². The molecule has 1 aliphatic rings. The van der Waals surface area contributed by atoms with Gasteiger partial charge in [0.1, 0.15) is 5.76 Å². The molecule has 0 N–H and O–H groups in total. The van der Waals surface area contributed by atoms with E-state index >= 15 is 0 Å². The molecule has 0 amide bonds. The zero-order valence-corrected chi connectivity index (χ0v) is 17.5. The number of allylic oxidation sites excluding steroid dienone is 1. The van der Waals surface area contributed by atoms with Crippen molar-refractivity contribution < 1.29 is 28.6 Å². The Hall–Kier alpha value is -2.38. The Labute approximate surface area is 172 Å². The molecule has 0 bridgehead atoms. The molecule has 0 fully saturated rings. The number of hydrogen-bond acceptors (Lipinski definition) is 7. The maximum Gasteiger partial charge on any atom is 0.360 e. The summed E-state index contributed by atoms with van der Waals surface area (Å²) in [7, 11) is 2.37. The van der Waals surface area contributed by atoms with Crippen LogP contribution in [-0.2, 0) is 28.6 Å². The number of rotatable bonds is 5. The highest BCUT2D eigenvalue weighted by atomic mass is 35.5. The minimum Gasteiger partial charge on any atom is -0.470 e. The summed E-state index contributed by atoms with van der Waals surface area (Å²) in [6, 6.07) is 4.73. The topological polar surface area (TPSA) is 91.3 Å². The Morgan fingerprint density at radius 1 is 1.18 bits per heavy atom. The van der Waals surface area contributed by atoms with E-state index in [0.717, 1.165) is 7.11 Å². The van der Waals surface area contributed by atoms with Crippen molar-refractivity contribution in [3.05, 3.63) is 45.1 Å². The van der Waals surface area contributed by atoms with Crippen molar-refractivity contribution in [3.63, 3.8) is 0 Å². The molecular formula is C19H19Cl2NO6. The van der Waals surface area contributed by atoms with Crippen LogP contribution in [0.2, 0.25) is 10.0 Å². The van der Waals surface area contributed by atoms with Crippen LogP contribution in [0.5, 0.6) is 0 Å². The summed E-state index contributed by atoms with van der Waals surface area (Å²) in [4.78, 5) is 40.7. The number of hydrogen-bond donors (Lipinski definition) is 0. The van der Waals surface area contributed by atoms with E-state index in [1.54, 1.807) is 19.1 Å². The summed E-state index contributed by atoms with van der Waals surface area (Å²) < 4.78 is 15.4. The lowest BCUT2D eigenvalue weighted by Crippen LogP contribution is -2.36. The van der Waals surface area contributed by atoms with Crippen molar-refractivity contribution in [2.24, 2.45) is 4.99 Å². The van der Waals surface area contributed by atoms with E-state index in [4.69, 9.17) is 32.7 Å². The number of carbonyl (C=O) groups excluding carboxylic acids is 3. The van der Waals surface area contributed by atoms with Crippen LogP contribution in [0.3, 0.4) is 0 Å². The van der Waals surface area contributed by atoms with Crippen LogP contribution in [0.25, 0.3) is 0 Å². The van der Waals surface area contributed by atoms with Crippen molar-refractivity contribution in [1.82, 2.24) is 0 Å². The molecule has 1 aromatic carbocycles. The third-order valence-corrected chi connectivity index (χ3v) is 4.85. The number of esters is 2. The van der Waals surface area contributed by atoms with Gasteiger partial charge in [0.2, 0.25) is 5.72 Å². The highest BCUT2D eigenvalue weighted by Gasteiger charge is 2.51. The number of nitrogens with zero attached hydrogens (tertiary/aromatic N) is 1. The molecule has 0 saturated carbocycles. The van der Waals surface area contributed by atoms with Crippen LogP contribution in [-0.4, -0.2) is 43.4 Å². The molecule has 0 aliphatic carbocycles. The van der Waals surface area contributed by atoms with Crippen LogP contribution >= 0.6 is 23.2 Å². The van der Waals surface area contributed by atoms with E-state index in [0.29, 0.717) is 10.6 Å². The fourth-order valence-electron chi connectivity index (χ4n) is 3.12. The average molecular weight is 428 g/mol. The van der Waals surface area contributed by atoms with Crippen LogP contribution < -0.4 is 0 Å². The first-order valence-corrected chi connectivity index (χ1v) is 8.93. The molecule has 0 saturated heterocycles. The molecule has 0 spiro atoms. The van der Waals surface area contributed by atoms with Gasteiger partial charge in [-0.1, -0.05) is 29.3 Å². The Morgan fingerprint density at radius 3 is 2.32 bits per heavy atom. The molecule has 150 valence electrons. The van der Waals surface area contributed by atoms with E-state index in [-0.39, 0.29) is 16.4 Å². The van der Waals surface area contributed by atoms with Gasteiger partial charge in [-0.2, -0.15) is 0 Å². The average Bonchev–Trinajstić information content (AvgIpc) is 2.88. The second-order valence-corrected chi connectivity index (χ2v) is 7.07. The Morgan fingerprint density at radius 2 is 1.82 bits per heavy atom. The molecule has 28 heavy (non-hydrogen) atoms. The smallest absolute Gasteiger partial charge is 0.360 e. The summed E-state index contributed by atoms with van der Waals surface area (Å²) in [6.45, 7) is 4.28. The van der Waals surface area contributed by atoms with E-state index in [9.17, 15) is 14.4 Å². The predicted molar refractivity (Wildman–Crippen MR) is 104 cm³/mol. The largest absolute Gasteiger partial charge is 0.470 e. The second-order valence-electron chi connectivity index (χ2n) is 6.23. The van der Waals surface area contributed by atoms with E-state index < -0.39 is 35.1 Å². The van der Waals surface area contributed by atoms with Crippen molar-refractivity contribution in [3.8, 4) is 0 Å². The molecule has 2 rings (SSSR count). The number of ether oxygens (including phenoxy) is 3. The molecule has 0 aromatic heterocycles. The SMILES string of the molecule is COC(=O)C(=N[C@@]1(C)OC(C)=C(C(=O)OC)[C@@H]1c1ccc(Cl)cc1Cl)C(C)=O. The molecular weight excluding hydrogens is 409 g/mol. The molecule has 9 heteroatoms. The second kappa shape index (κ2) is 8.32. The number of carbonyl (C=O) groups is 3. The lowest BCUT2D eigenvalue weighted by atomic mass is 9.84. The first-order chi connectivity index (χ1) is 13.1. The van der Waals surface area contributed by atoms with E-state index in [1.165, 1.54) is 27.0 Å². The Balaban J connectivity index is 2.74. The van der Waals surface area contributed by atoms with E-state index in [2.05, 4.69) is 9.73 Å². The van der Waals surface area contributed by atoms with Crippen molar-refractivity contribution in [2.45, 2.75) is 32.4 Å². The molecule has 1 aliphatic heterocycles. The number of Topliss-reactive ketones (excluding diaryl/α,β-unsaturated/α-hetero) is 1. The summed E-state index contributed by atoms with van der Waals surface area (Å²) in [5, 5.41) is 0.665. The van der Waals surface area contributed by atoms with Gasteiger partial charge in [-0.3, -0.25) is 4.79 Å². The monoisotopic (exact) mass is 427 g/mol. The van der Waals surface area contributed by atoms with Gasteiger partial charge in [-0.05, 0) is 31.5 Å². The van der Waals surface area contributed by atoms with Crippen molar-refractivity contribution in [2.75, 3.05) is 14.2 Å². The zero-order valence-electron chi connectivity index (χ0n) is 16.0. The van der Waals surface area contributed by atoms with Gasteiger partial charge in [0.05, 0.1) is 25.7 Å². The molecule has 2 atom stereocenters. The van der Waals surface area contributed by atoms with Crippen LogP contribution in [0.1, 0.15) is 32.3 Å². The predicted octanol–water partition coefficient (Wildman–Crippen LogP) is 3.47. The highest BCUT2D eigenvalue weighted by Crippen LogP contribution is 2.49. The van der Waals surface area contributed by atoms with Crippen LogP contribution in [0.15, 0.2) is 34.5 Å². The van der Waals surface area contributed by atoms with Crippen LogP contribution in [0.4, 0.5) is 0 Å². The van der Waals surface area contributed by atoms with Gasteiger partial charge in [0.15, 0.2) is 11.5 Å². The lowest BCUT2D eigenvalue weighted by Gasteiger charge is -2.29. The molecule has 1 heterocycles. The minimum absolute atomic E-state index is 0.172. The third kappa shape index (κ3) is 4.05. The molecule has 7 nitrogen and oxygen atoms in total. The number of ketones is 1. The third-order valence-electron chi connectivity index (χ3n) is 4.29. The number of methoxy groups -OCH3 is 2. The van der Waals surface area contributed by atoms with Gasteiger partial charge < -0.3 is 14.2 Å². The number of halogens is 2. The van der Waals surface area contributed by atoms with Crippen LogP contribution in [0, 0.1) is 0 Å². The summed E-state index contributed by atoms with van der Waals surface area (Å²) in [5.41, 5.74) is -1.33. The van der Waals surface area contributed by atoms with Crippen molar-refractivity contribution in [1.29, 1.82) is 0 Å². The highest BCUT2D eigenvalue weighted by molar-refractivity contribution is 6.64. The standard InChI is InChI=1S/C19H19Cl2NO6/c1-9(23)16(18(25)27-5)22-19(3)15(12-7-6-11(20)8-13(12)21)14(10(2)28-19)17(24)26-4/h6-8,15H,1-5H3/t15-,19-/m0/s1. The summed E-state index contributed by atoms with van der Waals surface area (Å²) in [5.74, 6) is -2.79. The number of aliphatic imine (C=N–C) groups is 1. The minimum atomic E-state index is -1.53. The normalized spacial score (nSPS) is 22.0. The van der Waals surface area contributed by atoms with Gasteiger partial charge in [-0.25, -0.2) is 14.6 Å². The van der Waals surface area contributed by atoms with Gasteiger partial charge in [-0.15, -0.1) is 0 Å². The lowest BCUT2D eigenvalue weighted by molar-refractivity contribution is -0.136. The zero-order chi connectivity index (χ0) is 21.2. The van der Waals surface area contributed by atoms with Gasteiger partial charge >= 0.3 is 11.9 Å². The Kier molecular flexibility index (Phi) is 6.52. The maximum atomic E-state index is 12.4. The first kappa shape index (κ1) is 21.9. The molecule has 0 radical (unpaired) electrons. The first-order valence-electron chi connectivity index (χ1n) is 8.17. The summed E-state index contributed by atoms with van der Waals surface area (Å²) >= 11 is 12.3. The summed E-state index contributed by atoms with van der Waals surface area (Å²) in [6.07, 6.45) is 0. The van der Waals surface area contributed by atoms with Gasteiger partial charge in [0.25, 0.3) is 0 Å². The quantitative estimate of drug-likeness (QED) is 0.405. The number of benzene rings is 1. The van der Waals surface area contributed by atoms with E-state index in [1.807, 2.05) is 0 Å². The fraction of sp³-hybridized carbons (Fsp3) is 0.368. The maximum absolute atomic E-state index is 12.4. The Bertz CT molecular complexity index is 908. The van der Waals surface area contributed by atoms with Gasteiger partial charge in [0, 0.05) is 17.0 Å².